The van der Waals surface area contributed by atoms with Gasteiger partial charge in [0.05, 0.1) is 6.20 Å². The Morgan fingerprint density at radius 3 is 2.65 bits per heavy atom. The molecule has 1 heterocycles. The van der Waals surface area contributed by atoms with E-state index in [0.717, 1.165) is 12.8 Å². The van der Waals surface area contributed by atoms with E-state index in [1.807, 2.05) is 0 Å². The van der Waals surface area contributed by atoms with Crippen LogP contribution in [0.25, 0.3) is 0 Å². The largest absolute Gasteiger partial charge is 0.330 e. The second kappa shape index (κ2) is 6.49. The van der Waals surface area contributed by atoms with Gasteiger partial charge in [-0.05, 0) is 31.2 Å². The molecule has 1 rings (SSSR count). The van der Waals surface area contributed by atoms with Gasteiger partial charge in [0.15, 0.2) is 5.78 Å². The Bertz CT molecular complexity index is 359. The monoisotopic (exact) mass is 238 g/mol. The predicted octanol–water partition coefficient (Wildman–Crippen LogP) is 1.40. The molecule has 0 aliphatic heterocycles. The van der Waals surface area contributed by atoms with Crippen molar-refractivity contribution in [2.75, 3.05) is 6.54 Å². The zero-order valence-corrected chi connectivity index (χ0v) is 10.9. The molecule has 2 N–H and O–H groups in total. The van der Waals surface area contributed by atoms with Crippen molar-refractivity contribution in [2.45, 2.75) is 33.1 Å². The summed E-state index contributed by atoms with van der Waals surface area (Å²) < 4.78 is 1.52. The number of aryl methyl sites for hydroxylation is 1. The molecule has 5 heteroatoms. The molecule has 1 atom stereocenters. The van der Waals surface area contributed by atoms with E-state index in [1.54, 1.807) is 7.05 Å². The van der Waals surface area contributed by atoms with Crippen molar-refractivity contribution in [2.24, 2.45) is 24.6 Å². The highest BCUT2D eigenvalue weighted by atomic mass is 16.1. The van der Waals surface area contributed by atoms with Gasteiger partial charge in [-0.1, -0.05) is 19.1 Å². The van der Waals surface area contributed by atoms with Gasteiger partial charge in [0.2, 0.25) is 0 Å². The molecule has 0 saturated carbocycles. The molecule has 96 valence electrons. The summed E-state index contributed by atoms with van der Waals surface area (Å²) in [5.74, 6) is 1.20. The summed E-state index contributed by atoms with van der Waals surface area (Å²) in [5, 5.41) is 7.48. The number of carbonyl (C=O) groups is 1. The number of nitrogens with two attached hydrogens (primary N) is 1. The van der Waals surface area contributed by atoms with Crippen molar-refractivity contribution in [3.8, 4) is 0 Å². The van der Waals surface area contributed by atoms with Crippen molar-refractivity contribution >= 4 is 5.78 Å². The summed E-state index contributed by atoms with van der Waals surface area (Å²) in [7, 11) is 1.74. The molecular weight excluding hydrogens is 216 g/mol. The fourth-order valence-corrected chi connectivity index (χ4v) is 2.01. The Morgan fingerprint density at radius 1 is 1.47 bits per heavy atom. The lowest BCUT2D eigenvalue weighted by atomic mass is 9.87. The molecule has 0 radical (unpaired) electrons. The third-order valence-corrected chi connectivity index (χ3v) is 3.22. The maximum Gasteiger partial charge on any atom is 0.182 e. The molecule has 0 bridgehead atoms. The van der Waals surface area contributed by atoms with Crippen molar-refractivity contribution < 1.29 is 4.79 Å². The van der Waals surface area contributed by atoms with E-state index < -0.39 is 0 Å². The van der Waals surface area contributed by atoms with Gasteiger partial charge in [-0.2, -0.15) is 0 Å². The van der Waals surface area contributed by atoms with Crippen LogP contribution in [0.15, 0.2) is 6.20 Å². The lowest BCUT2D eigenvalue weighted by Gasteiger charge is -2.19. The van der Waals surface area contributed by atoms with Crippen molar-refractivity contribution in [3.05, 3.63) is 11.9 Å². The predicted molar refractivity (Wildman–Crippen MR) is 66.6 cm³/mol. The SMILES string of the molecule is CC(C)C(CCN)CCC(=O)c1cnnn1C. The quantitative estimate of drug-likeness (QED) is 0.729. The maximum absolute atomic E-state index is 11.9. The van der Waals surface area contributed by atoms with Crippen molar-refractivity contribution in [1.29, 1.82) is 0 Å². The zero-order valence-electron chi connectivity index (χ0n) is 10.9. The Kier molecular flexibility index (Phi) is 5.28. The minimum absolute atomic E-state index is 0.111. The van der Waals surface area contributed by atoms with Crippen LogP contribution in [0.2, 0.25) is 0 Å². The highest BCUT2D eigenvalue weighted by Crippen LogP contribution is 2.21. The summed E-state index contributed by atoms with van der Waals surface area (Å²) in [6, 6.07) is 0. The summed E-state index contributed by atoms with van der Waals surface area (Å²) in [4.78, 5) is 11.9. The second-order valence-electron chi connectivity index (χ2n) is 4.79. The van der Waals surface area contributed by atoms with Gasteiger partial charge >= 0.3 is 0 Å². The average Bonchev–Trinajstić information content (AvgIpc) is 2.69. The Labute approximate surface area is 102 Å². The van der Waals surface area contributed by atoms with Crippen molar-refractivity contribution in [1.82, 2.24) is 15.0 Å². The van der Waals surface area contributed by atoms with Crippen LogP contribution < -0.4 is 5.73 Å². The number of aromatic nitrogens is 3. The molecule has 0 spiro atoms. The van der Waals surface area contributed by atoms with Crippen LogP contribution in [-0.4, -0.2) is 27.3 Å². The van der Waals surface area contributed by atoms with Crippen LogP contribution in [-0.2, 0) is 7.05 Å². The maximum atomic E-state index is 11.9. The Balaban J connectivity index is 2.49. The molecule has 0 amide bonds. The van der Waals surface area contributed by atoms with E-state index in [2.05, 4.69) is 24.2 Å². The van der Waals surface area contributed by atoms with Gasteiger partial charge in [0, 0.05) is 13.5 Å². The first-order chi connectivity index (χ1) is 8.06. The average molecular weight is 238 g/mol. The Hall–Kier alpha value is -1.23. The van der Waals surface area contributed by atoms with Crippen LogP contribution in [0.4, 0.5) is 0 Å². The van der Waals surface area contributed by atoms with E-state index in [0.29, 0.717) is 30.5 Å². The topological polar surface area (TPSA) is 73.8 Å². The molecule has 0 aliphatic carbocycles. The first kappa shape index (κ1) is 13.8. The van der Waals surface area contributed by atoms with Crippen LogP contribution in [0.1, 0.15) is 43.6 Å². The second-order valence-corrected chi connectivity index (χ2v) is 4.79. The first-order valence-electron chi connectivity index (χ1n) is 6.14. The van der Waals surface area contributed by atoms with Crippen LogP contribution in [0.3, 0.4) is 0 Å². The van der Waals surface area contributed by atoms with Gasteiger partial charge in [0.1, 0.15) is 5.69 Å². The number of rotatable bonds is 7. The minimum atomic E-state index is 0.111. The minimum Gasteiger partial charge on any atom is -0.330 e. The molecule has 0 aliphatic rings. The highest BCUT2D eigenvalue weighted by molar-refractivity contribution is 5.94. The third-order valence-electron chi connectivity index (χ3n) is 3.22. The number of carbonyl (C=O) groups excluding carboxylic acids is 1. The molecule has 17 heavy (non-hydrogen) atoms. The number of hydrogen-bond acceptors (Lipinski definition) is 4. The van der Waals surface area contributed by atoms with E-state index in [9.17, 15) is 4.79 Å². The van der Waals surface area contributed by atoms with Crippen LogP contribution in [0.5, 0.6) is 0 Å². The molecule has 1 unspecified atom stereocenters. The lowest BCUT2D eigenvalue weighted by Crippen LogP contribution is -2.16. The molecule has 0 aromatic carbocycles. The lowest BCUT2D eigenvalue weighted by molar-refractivity contribution is 0.0960. The number of Topliss-reactive ketones (excluding diaryl/α,β-unsaturated/α-hetero) is 1. The molecule has 1 aromatic rings. The van der Waals surface area contributed by atoms with E-state index >= 15 is 0 Å². The number of ketones is 1. The molecule has 0 fully saturated rings. The van der Waals surface area contributed by atoms with Crippen molar-refractivity contribution in [3.63, 3.8) is 0 Å². The van der Waals surface area contributed by atoms with E-state index in [1.165, 1.54) is 10.9 Å². The number of nitrogens with zero attached hydrogens (tertiary/aromatic N) is 3. The van der Waals surface area contributed by atoms with Gasteiger partial charge in [-0.25, -0.2) is 4.68 Å². The summed E-state index contributed by atoms with van der Waals surface area (Å²) in [6.07, 6.45) is 3.94. The first-order valence-corrected chi connectivity index (χ1v) is 6.14. The van der Waals surface area contributed by atoms with E-state index in [-0.39, 0.29) is 5.78 Å². The van der Waals surface area contributed by atoms with Crippen LogP contribution >= 0.6 is 0 Å². The fourth-order valence-electron chi connectivity index (χ4n) is 2.01. The molecular formula is C12H22N4O. The smallest absolute Gasteiger partial charge is 0.182 e. The molecule has 5 nitrogen and oxygen atoms in total. The van der Waals surface area contributed by atoms with Gasteiger partial charge in [-0.3, -0.25) is 4.79 Å². The highest BCUT2D eigenvalue weighted by Gasteiger charge is 2.17. The Morgan fingerprint density at radius 2 is 2.18 bits per heavy atom. The normalized spacial score (nSPS) is 13.0. The third kappa shape index (κ3) is 3.93. The van der Waals surface area contributed by atoms with E-state index in [4.69, 9.17) is 5.73 Å². The summed E-state index contributed by atoms with van der Waals surface area (Å²) in [6.45, 7) is 5.04. The summed E-state index contributed by atoms with van der Waals surface area (Å²) in [5.41, 5.74) is 6.17. The molecule has 0 saturated heterocycles. The zero-order chi connectivity index (χ0) is 12.8. The standard InChI is InChI=1S/C12H22N4O/c1-9(2)10(6-7-13)4-5-12(17)11-8-14-15-16(11)3/h8-10H,4-7,13H2,1-3H3. The summed E-state index contributed by atoms with van der Waals surface area (Å²) >= 11 is 0. The molecule has 1 aromatic heterocycles. The fraction of sp³-hybridized carbons (Fsp3) is 0.750. The number of hydrogen-bond donors (Lipinski definition) is 1. The van der Waals surface area contributed by atoms with Gasteiger partial charge in [0.25, 0.3) is 0 Å². The van der Waals surface area contributed by atoms with Gasteiger partial charge in [-0.15, -0.1) is 5.10 Å². The van der Waals surface area contributed by atoms with Gasteiger partial charge < -0.3 is 5.73 Å². The van der Waals surface area contributed by atoms with Crippen LogP contribution in [0, 0.1) is 11.8 Å².